The van der Waals surface area contributed by atoms with E-state index in [0.29, 0.717) is 5.02 Å². The van der Waals surface area contributed by atoms with Crippen LogP contribution in [0.5, 0.6) is 0 Å². The highest BCUT2D eigenvalue weighted by atomic mass is 35.5. The highest BCUT2D eigenvalue weighted by molar-refractivity contribution is 7.92. The molecule has 0 aliphatic heterocycles. The van der Waals surface area contributed by atoms with Crippen LogP contribution in [0.2, 0.25) is 5.02 Å². The minimum atomic E-state index is -3.74. The SMILES string of the molecule is COC(=O)c1cccc(NS(=O)(=O)c2ccc(Cl)cc2)c1. The first-order chi connectivity index (χ1) is 9.92. The van der Waals surface area contributed by atoms with Crippen molar-refractivity contribution in [1.82, 2.24) is 0 Å². The molecule has 0 radical (unpaired) electrons. The maximum absolute atomic E-state index is 12.2. The molecule has 110 valence electrons. The van der Waals surface area contributed by atoms with E-state index in [1.807, 2.05) is 0 Å². The van der Waals surface area contributed by atoms with Crippen LogP contribution < -0.4 is 4.72 Å². The zero-order chi connectivity index (χ0) is 15.5. The Kier molecular flexibility index (Phi) is 4.50. The van der Waals surface area contributed by atoms with Crippen molar-refractivity contribution in [2.24, 2.45) is 0 Å². The van der Waals surface area contributed by atoms with E-state index in [-0.39, 0.29) is 16.1 Å². The first-order valence-corrected chi connectivity index (χ1v) is 7.75. The molecule has 21 heavy (non-hydrogen) atoms. The lowest BCUT2D eigenvalue weighted by molar-refractivity contribution is 0.0601. The second kappa shape index (κ2) is 6.15. The van der Waals surface area contributed by atoms with Crippen molar-refractivity contribution in [3.63, 3.8) is 0 Å². The smallest absolute Gasteiger partial charge is 0.337 e. The molecule has 0 aromatic heterocycles. The van der Waals surface area contributed by atoms with Crippen molar-refractivity contribution in [2.75, 3.05) is 11.8 Å². The van der Waals surface area contributed by atoms with Crippen LogP contribution in [0, 0.1) is 0 Å². The number of nitrogens with one attached hydrogen (secondary N) is 1. The van der Waals surface area contributed by atoms with Crippen LogP contribution in [0.25, 0.3) is 0 Å². The van der Waals surface area contributed by atoms with Gasteiger partial charge in [0.05, 0.1) is 17.6 Å². The molecule has 2 aromatic carbocycles. The molecule has 0 aliphatic rings. The molecule has 0 fully saturated rings. The molecule has 0 atom stereocenters. The fraction of sp³-hybridized carbons (Fsp3) is 0.0714. The summed E-state index contributed by atoms with van der Waals surface area (Å²) in [6, 6.07) is 11.8. The van der Waals surface area contributed by atoms with E-state index in [0.717, 1.165) is 0 Å². The molecular weight excluding hydrogens is 314 g/mol. The second-order valence-electron chi connectivity index (χ2n) is 4.13. The molecule has 0 heterocycles. The van der Waals surface area contributed by atoms with Gasteiger partial charge in [0.1, 0.15) is 0 Å². The van der Waals surface area contributed by atoms with Gasteiger partial charge in [0, 0.05) is 10.7 Å². The molecular formula is C14H12ClNO4S. The van der Waals surface area contributed by atoms with Crippen LogP contribution in [0.4, 0.5) is 5.69 Å². The normalized spacial score (nSPS) is 11.0. The third-order valence-corrected chi connectivity index (χ3v) is 4.31. The summed E-state index contributed by atoms with van der Waals surface area (Å²) in [5.41, 5.74) is 0.529. The fourth-order valence-corrected chi connectivity index (χ4v) is 2.83. The number of hydrogen-bond donors (Lipinski definition) is 1. The van der Waals surface area contributed by atoms with Crippen LogP contribution in [0.15, 0.2) is 53.4 Å². The van der Waals surface area contributed by atoms with Crippen LogP contribution in [-0.4, -0.2) is 21.5 Å². The summed E-state index contributed by atoms with van der Waals surface area (Å²) in [5.74, 6) is -0.539. The van der Waals surface area contributed by atoms with Crippen LogP contribution in [-0.2, 0) is 14.8 Å². The molecule has 0 spiro atoms. The van der Waals surface area contributed by atoms with Gasteiger partial charge in [-0.05, 0) is 42.5 Å². The van der Waals surface area contributed by atoms with E-state index >= 15 is 0 Å². The van der Waals surface area contributed by atoms with E-state index in [4.69, 9.17) is 11.6 Å². The van der Waals surface area contributed by atoms with E-state index in [1.165, 1.54) is 43.5 Å². The Morgan fingerprint density at radius 2 is 1.81 bits per heavy atom. The maximum atomic E-state index is 12.2. The molecule has 1 N–H and O–H groups in total. The second-order valence-corrected chi connectivity index (χ2v) is 6.25. The molecule has 2 aromatic rings. The molecule has 0 amide bonds. The number of halogens is 1. The summed E-state index contributed by atoms with van der Waals surface area (Å²) in [5, 5.41) is 0.446. The molecule has 2 rings (SSSR count). The molecule has 0 bridgehead atoms. The van der Waals surface area contributed by atoms with E-state index in [2.05, 4.69) is 9.46 Å². The summed E-state index contributed by atoms with van der Waals surface area (Å²) >= 11 is 5.73. The number of benzene rings is 2. The summed E-state index contributed by atoms with van der Waals surface area (Å²) in [6.07, 6.45) is 0. The minimum absolute atomic E-state index is 0.0790. The van der Waals surface area contributed by atoms with Crippen molar-refractivity contribution in [3.05, 3.63) is 59.1 Å². The standard InChI is InChI=1S/C14H12ClNO4S/c1-20-14(17)10-3-2-4-12(9-10)16-21(18,19)13-7-5-11(15)6-8-13/h2-9,16H,1H3. The van der Waals surface area contributed by atoms with Gasteiger partial charge < -0.3 is 4.74 Å². The molecule has 5 nitrogen and oxygen atoms in total. The van der Waals surface area contributed by atoms with Crippen molar-refractivity contribution in [1.29, 1.82) is 0 Å². The first-order valence-electron chi connectivity index (χ1n) is 5.89. The predicted molar refractivity (Wildman–Crippen MR) is 80.0 cm³/mol. The topological polar surface area (TPSA) is 72.5 Å². The Labute approximate surface area is 127 Å². The number of carbonyl (C=O) groups is 1. The van der Waals surface area contributed by atoms with Crippen molar-refractivity contribution in [3.8, 4) is 0 Å². The highest BCUT2D eigenvalue weighted by Gasteiger charge is 2.15. The van der Waals surface area contributed by atoms with Gasteiger partial charge in [-0.15, -0.1) is 0 Å². The minimum Gasteiger partial charge on any atom is -0.465 e. The summed E-state index contributed by atoms with van der Waals surface area (Å²) in [6.45, 7) is 0. The largest absolute Gasteiger partial charge is 0.465 e. The summed E-state index contributed by atoms with van der Waals surface area (Å²) in [7, 11) is -2.48. The van der Waals surface area contributed by atoms with Crippen LogP contribution in [0.3, 0.4) is 0 Å². The van der Waals surface area contributed by atoms with Gasteiger partial charge in [-0.1, -0.05) is 17.7 Å². The van der Waals surface area contributed by atoms with Crippen molar-refractivity contribution >= 4 is 33.3 Å². The Bertz CT molecular complexity index is 757. The number of carbonyl (C=O) groups excluding carboxylic acids is 1. The van der Waals surface area contributed by atoms with Gasteiger partial charge in [-0.2, -0.15) is 0 Å². The van der Waals surface area contributed by atoms with Gasteiger partial charge in [0.2, 0.25) is 0 Å². The maximum Gasteiger partial charge on any atom is 0.337 e. The van der Waals surface area contributed by atoms with Gasteiger partial charge in [-0.25, -0.2) is 13.2 Å². The highest BCUT2D eigenvalue weighted by Crippen LogP contribution is 2.19. The number of methoxy groups -OCH3 is 1. The summed E-state index contributed by atoms with van der Waals surface area (Å²) < 4.78 is 31.4. The van der Waals surface area contributed by atoms with E-state index < -0.39 is 16.0 Å². The van der Waals surface area contributed by atoms with E-state index in [9.17, 15) is 13.2 Å². The number of hydrogen-bond acceptors (Lipinski definition) is 4. The van der Waals surface area contributed by atoms with Crippen molar-refractivity contribution < 1.29 is 17.9 Å². The lowest BCUT2D eigenvalue weighted by Crippen LogP contribution is -2.13. The molecule has 0 saturated carbocycles. The van der Waals surface area contributed by atoms with Crippen molar-refractivity contribution in [2.45, 2.75) is 4.90 Å². The Morgan fingerprint density at radius 1 is 1.14 bits per heavy atom. The average Bonchev–Trinajstić information content (AvgIpc) is 2.46. The number of rotatable bonds is 4. The van der Waals surface area contributed by atoms with Crippen LogP contribution in [0.1, 0.15) is 10.4 Å². The quantitative estimate of drug-likeness (QED) is 0.877. The van der Waals surface area contributed by atoms with Crippen LogP contribution >= 0.6 is 11.6 Å². The lowest BCUT2D eigenvalue weighted by Gasteiger charge is -2.09. The molecule has 0 aliphatic carbocycles. The Balaban J connectivity index is 2.28. The number of sulfonamides is 1. The van der Waals surface area contributed by atoms with Gasteiger partial charge in [-0.3, -0.25) is 4.72 Å². The van der Waals surface area contributed by atoms with Gasteiger partial charge in [0.15, 0.2) is 0 Å². The first kappa shape index (κ1) is 15.3. The molecule has 7 heteroatoms. The average molecular weight is 326 g/mol. The fourth-order valence-electron chi connectivity index (χ4n) is 1.66. The predicted octanol–water partition coefficient (Wildman–Crippen LogP) is 2.93. The Hall–Kier alpha value is -2.05. The number of anilines is 1. The molecule has 0 saturated heterocycles. The number of ether oxygens (including phenoxy) is 1. The summed E-state index contributed by atoms with van der Waals surface area (Å²) in [4.78, 5) is 11.5. The number of esters is 1. The lowest BCUT2D eigenvalue weighted by atomic mass is 10.2. The van der Waals surface area contributed by atoms with E-state index in [1.54, 1.807) is 12.1 Å². The Morgan fingerprint density at radius 3 is 2.43 bits per heavy atom. The third kappa shape index (κ3) is 3.74. The molecule has 0 unspecified atom stereocenters. The van der Waals surface area contributed by atoms with Gasteiger partial charge >= 0.3 is 5.97 Å². The van der Waals surface area contributed by atoms with Gasteiger partial charge in [0.25, 0.3) is 10.0 Å². The zero-order valence-corrected chi connectivity index (χ0v) is 12.6. The third-order valence-electron chi connectivity index (χ3n) is 2.66. The zero-order valence-electron chi connectivity index (χ0n) is 11.0. The monoisotopic (exact) mass is 325 g/mol.